The Morgan fingerprint density at radius 1 is 1.26 bits per heavy atom. The summed E-state index contributed by atoms with van der Waals surface area (Å²) in [5.41, 5.74) is 1.67. The maximum absolute atomic E-state index is 11.7. The fraction of sp³-hybridized carbons (Fsp3) is 0.467. The molecule has 102 valence electrons. The molecule has 2 atom stereocenters. The molecule has 19 heavy (non-hydrogen) atoms. The molecule has 0 radical (unpaired) electrons. The highest BCUT2D eigenvalue weighted by Gasteiger charge is 2.38. The second-order valence-electron chi connectivity index (χ2n) is 5.43. The van der Waals surface area contributed by atoms with Gasteiger partial charge in [0.05, 0.1) is 0 Å². The summed E-state index contributed by atoms with van der Waals surface area (Å²) in [4.78, 5) is 24.9. The molecule has 2 amide bonds. The first-order valence-electron chi connectivity index (χ1n) is 6.57. The summed E-state index contributed by atoms with van der Waals surface area (Å²) in [6.07, 6.45) is 1.00. The maximum Gasteiger partial charge on any atom is 0.253 e. The first-order chi connectivity index (χ1) is 8.99. The molecule has 2 unspecified atom stereocenters. The molecule has 1 fully saturated rings. The van der Waals surface area contributed by atoms with Crippen LogP contribution in [0.2, 0.25) is 0 Å². The summed E-state index contributed by atoms with van der Waals surface area (Å²) < 4.78 is 0. The maximum atomic E-state index is 11.7. The SMILES string of the molecule is CC1CC1C(=O)NCc1ccc(C(=O)N(C)C)cc1. The van der Waals surface area contributed by atoms with Crippen LogP contribution in [0, 0.1) is 11.8 Å². The number of carbonyl (C=O) groups excluding carboxylic acids is 2. The normalized spacial score (nSPS) is 20.8. The third-order valence-corrected chi connectivity index (χ3v) is 3.52. The van der Waals surface area contributed by atoms with E-state index in [1.807, 2.05) is 12.1 Å². The van der Waals surface area contributed by atoms with Crippen molar-refractivity contribution >= 4 is 11.8 Å². The lowest BCUT2D eigenvalue weighted by atomic mass is 10.1. The van der Waals surface area contributed by atoms with Gasteiger partial charge in [-0.05, 0) is 30.0 Å². The lowest BCUT2D eigenvalue weighted by Gasteiger charge is -2.10. The molecule has 2 rings (SSSR count). The molecule has 0 aliphatic heterocycles. The van der Waals surface area contributed by atoms with Gasteiger partial charge in [-0.15, -0.1) is 0 Å². The van der Waals surface area contributed by atoms with Gasteiger partial charge < -0.3 is 10.2 Å². The zero-order chi connectivity index (χ0) is 14.0. The van der Waals surface area contributed by atoms with E-state index in [0.717, 1.165) is 12.0 Å². The van der Waals surface area contributed by atoms with Crippen LogP contribution in [0.5, 0.6) is 0 Å². The first-order valence-corrected chi connectivity index (χ1v) is 6.57. The van der Waals surface area contributed by atoms with Crippen LogP contribution in [0.15, 0.2) is 24.3 Å². The molecular weight excluding hydrogens is 240 g/mol. The van der Waals surface area contributed by atoms with Crippen molar-refractivity contribution in [2.45, 2.75) is 19.9 Å². The quantitative estimate of drug-likeness (QED) is 0.895. The lowest BCUT2D eigenvalue weighted by molar-refractivity contribution is -0.122. The van der Waals surface area contributed by atoms with Gasteiger partial charge in [-0.1, -0.05) is 19.1 Å². The zero-order valence-electron chi connectivity index (χ0n) is 11.6. The van der Waals surface area contributed by atoms with Crippen molar-refractivity contribution in [3.05, 3.63) is 35.4 Å². The van der Waals surface area contributed by atoms with Gasteiger partial charge in [-0.3, -0.25) is 9.59 Å². The molecule has 1 aromatic rings. The van der Waals surface area contributed by atoms with Gasteiger partial charge in [0.25, 0.3) is 5.91 Å². The number of hydrogen-bond acceptors (Lipinski definition) is 2. The summed E-state index contributed by atoms with van der Waals surface area (Å²) in [5, 5.41) is 2.93. The summed E-state index contributed by atoms with van der Waals surface area (Å²) in [5.74, 6) is 0.859. The van der Waals surface area contributed by atoms with Gasteiger partial charge >= 0.3 is 0 Å². The molecule has 1 aliphatic rings. The Morgan fingerprint density at radius 2 is 1.84 bits per heavy atom. The van der Waals surface area contributed by atoms with Gasteiger partial charge in [-0.2, -0.15) is 0 Å². The van der Waals surface area contributed by atoms with Crippen LogP contribution in [-0.2, 0) is 11.3 Å². The molecule has 0 aromatic heterocycles. The molecule has 1 saturated carbocycles. The fourth-order valence-corrected chi connectivity index (χ4v) is 2.03. The molecule has 1 aromatic carbocycles. The summed E-state index contributed by atoms with van der Waals surface area (Å²) in [7, 11) is 3.46. The fourth-order valence-electron chi connectivity index (χ4n) is 2.03. The Hall–Kier alpha value is -1.84. The standard InChI is InChI=1S/C15H20N2O2/c1-10-8-13(10)14(18)16-9-11-4-6-12(7-5-11)15(19)17(2)3/h4-7,10,13H,8-9H2,1-3H3,(H,16,18). The third-order valence-electron chi connectivity index (χ3n) is 3.52. The number of benzene rings is 1. The van der Waals surface area contributed by atoms with E-state index in [0.29, 0.717) is 18.0 Å². The van der Waals surface area contributed by atoms with Gasteiger partial charge in [0.1, 0.15) is 0 Å². The number of carbonyl (C=O) groups is 2. The highest BCUT2D eigenvalue weighted by molar-refractivity contribution is 5.93. The van der Waals surface area contributed by atoms with E-state index in [-0.39, 0.29) is 17.7 Å². The van der Waals surface area contributed by atoms with Crippen molar-refractivity contribution in [1.29, 1.82) is 0 Å². The Kier molecular flexibility index (Phi) is 3.88. The molecular formula is C15H20N2O2. The van der Waals surface area contributed by atoms with Crippen molar-refractivity contribution in [2.75, 3.05) is 14.1 Å². The Bertz CT molecular complexity index is 479. The van der Waals surface area contributed by atoms with Gasteiger partial charge in [-0.25, -0.2) is 0 Å². The van der Waals surface area contributed by atoms with Crippen LogP contribution in [0.3, 0.4) is 0 Å². The van der Waals surface area contributed by atoms with Crippen LogP contribution in [-0.4, -0.2) is 30.8 Å². The van der Waals surface area contributed by atoms with E-state index in [1.165, 1.54) is 0 Å². The number of amides is 2. The Labute approximate surface area is 113 Å². The molecule has 0 spiro atoms. The largest absolute Gasteiger partial charge is 0.352 e. The van der Waals surface area contributed by atoms with Crippen LogP contribution in [0.4, 0.5) is 0 Å². The average Bonchev–Trinajstić information content (AvgIpc) is 3.13. The van der Waals surface area contributed by atoms with E-state index < -0.39 is 0 Å². The second kappa shape index (κ2) is 5.43. The number of nitrogens with one attached hydrogen (secondary N) is 1. The Morgan fingerprint density at radius 3 is 2.32 bits per heavy atom. The van der Waals surface area contributed by atoms with Crippen LogP contribution < -0.4 is 5.32 Å². The van der Waals surface area contributed by atoms with Gasteiger partial charge in [0.2, 0.25) is 5.91 Å². The van der Waals surface area contributed by atoms with Crippen LogP contribution in [0.25, 0.3) is 0 Å². The van der Waals surface area contributed by atoms with E-state index in [2.05, 4.69) is 12.2 Å². The number of rotatable bonds is 4. The van der Waals surface area contributed by atoms with Crippen molar-refractivity contribution in [3.8, 4) is 0 Å². The molecule has 0 heterocycles. The molecule has 1 aliphatic carbocycles. The minimum atomic E-state index is -0.0117. The monoisotopic (exact) mass is 260 g/mol. The minimum absolute atomic E-state index is 0.0117. The Balaban J connectivity index is 1.88. The van der Waals surface area contributed by atoms with Crippen molar-refractivity contribution in [1.82, 2.24) is 10.2 Å². The highest BCUT2D eigenvalue weighted by atomic mass is 16.2. The molecule has 4 heteroatoms. The van der Waals surface area contributed by atoms with Gasteiger partial charge in [0.15, 0.2) is 0 Å². The predicted molar refractivity (Wildman–Crippen MR) is 73.6 cm³/mol. The number of hydrogen-bond donors (Lipinski definition) is 1. The molecule has 0 bridgehead atoms. The van der Waals surface area contributed by atoms with Crippen LogP contribution >= 0.6 is 0 Å². The van der Waals surface area contributed by atoms with E-state index in [9.17, 15) is 9.59 Å². The van der Waals surface area contributed by atoms with E-state index >= 15 is 0 Å². The second-order valence-corrected chi connectivity index (χ2v) is 5.43. The van der Waals surface area contributed by atoms with Crippen molar-refractivity contribution < 1.29 is 9.59 Å². The van der Waals surface area contributed by atoms with E-state index in [1.54, 1.807) is 31.1 Å². The lowest BCUT2D eigenvalue weighted by Crippen LogP contribution is -2.25. The van der Waals surface area contributed by atoms with Crippen LogP contribution in [0.1, 0.15) is 29.3 Å². The predicted octanol–water partition coefficient (Wildman–Crippen LogP) is 1.66. The van der Waals surface area contributed by atoms with E-state index in [4.69, 9.17) is 0 Å². The van der Waals surface area contributed by atoms with Crippen molar-refractivity contribution in [2.24, 2.45) is 11.8 Å². The van der Waals surface area contributed by atoms with Gasteiger partial charge in [0, 0.05) is 32.1 Å². The highest BCUT2D eigenvalue weighted by Crippen LogP contribution is 2.37. The molecule has 1 N–H and O–H groups in total. The minimum Gasteiger partial charge on any atom is -0.352 e. The molecule has 4 nitrogen and oxygen atoms in total. The topological polar surface area (TPSA) is 49.4 Å². The molecule has 0 saturated heterocycles. The summed E-state index contributed by atoms with van der Waals surface area (Å²) >= 11 is 0. The van der Waals surface area contributed by atoms with Crippen molar-refractivity contribution in [3.63, 3.8) is 0 Å². The summed E-state index contributed by atoms with van der Waals surface area (Å²) in [6.45, 7) is 2.62. The third kappa shape index (κ3) is 3.34. The summed E-state index contributed by atoms with van der Waals surface area (Å²) in [6, 6.07) is 7.35. The first kappa shape index (κ1) is 13.6. The number of nitrogens with zero attached hydrogens (tertiary/aromatic N) is 1. The zero-order valence-corrected chi connectivity index (χ0v) is 11.6. The average molecular weight is 260 g/mol. The smallest absolute Gasteiger partial charge is 0.253 e.